The minimum absolute atomic E-state index is 0.0304. The fourth-order valence-electron chi connectivity index (χ4n) is 4.06. The first-order valence-corrected chi connectivity index (χ1v) is 8.75. The third-order valence-electron chi connectivity index (χ3n) is 5.14. The van der Waals surface area contributed by atoms with Crippen molar-refractivity contribution in [3.05, 3.63) is 46.3 Å². The maximum absolute atomic E-state index is 14.8. The Labute approximate surface area is 156 Å². The number of allylic oxidation sites excluding steroid dienone is 5. The highest BCUT2D eigenvalue weighted by molar-refractivity contribution is 5.91. The molecule has 2 aliphatic carbocycles. The first-order chi connectivity index (χ1) is 12.8. The quantitative estimate of drug-likeness (QED) is 0.796. The van der Waals surface area contributed by atoms with E-state index in [0.29, 0.717) is 17.0 Å². The number of rotatable bonds is 3. The number of hydrogen-bond donors (Lipinski definition) is 2. The predicted molar refractivity (Wildman–Crippen MR) is 97.0 cm³/mol. The fraction of sp³-hybridized carbons (Fsp3) is 0.400. The molecule has 1 aromatic heterocycles. The lowest BCUT2D eigenvalue weighted by Gasteiger charge is -2.17. The molecule has 1 aromatic rings. The number of aromatic nitrogens is 2. The molecule has 3 N–H and O–H groups in total. The van der Waals surface area contributed by atoms with Crippen LogP contribution >= 0.6 is 0 Å². The smallest absolute Gasteiger partial charge is 0.268 e. The number of fused-ring (bicyclic) bond motifs is 3. The average molecular weight is 369 g/mol. The van der Waals surface area contributed by atoms with Crippen LogP contribution < -0.4 is 5.73 Å². The molecule has 1 amide bonds. The van der Waals surface area contributed by atoms with Gasteiger partial charge in [-0.25, -0.2) is 9.37 Å². The van der Waals surface area contributed by atoms with Crippen LogP contribution in [-0.4, -0.2) is 39.9 Å². The third-order valence-corrected chi connectivity index (χ3v) is 5.14. The topological polar surface area (TPSA) is 90.4 Å². The third kappa shape index (κ3) is 3.01. The molecule has 2 unspecified atom stereocenters. The number of carbonyl (C=O) groups is 1. The zero-order chi connectivity index (χ0) is 19.3. The number of nitrogens with two attached hydrogens (primary N) is 1. The molecule has 4 rings (SSSR count). The molecule has 2 heterocycles. The average Bonchev–Trinajstić information content (AvgIpc) is 3.12. The Bertz CT molecular complexity index is 988. The van der Waals surface area contributed by atoms with Crippen molar-refractivity contribution in [3.8, 4) is 11.8 Å². The number of carbonyl (C=O) groups excluding carboxylic acids is 1. The summed E-state index contributed by atoms with van der Waals surface area (Å²) in [7, 11) is 1.47. The van der Waals surface area contributed by atoms with Gasteiger partial charge in [0.2, 0.25) is 0 Å². The minimum atomic E-state index is -1.37. The fourth-order valence-corrected chi connectivity index (χ4v) is 4.06. The van der Waals surface area contributed by atoms with Crippen LogP contribution in [0.2, 0.25) is 0 Å². The van der Waals surface area contributed by atoms with Gasteiger partial charge in [-0.15, -0.1) is 0 Å². The largest absolute Gasteiger partial charge is 0.381 e. The molecular weight excluding hydrogens is 349 g/mol. The lowest BCUT2D eigenvalue weighted by molar-refractivity contribution is 0.0274. The number of hydrogen-bond acceptors (Lipinski definition) is 4. The number of primary amides is 1. The summed E-state index contributed by atoms with van der Waals surface area (Å²) in [6.07, 6.45) is 6.39. The Hall–Kier alpha value is -2.69. The monoisotopic (exact) mass is 369 g/mol. The summed E-state index contributed by atoms with van der Waals surface area (Å²) in [5.41, 5.74) is 6.03. The Kier molecular flexibility index (Phi) is 4.06. The van der Waals surface area contributed by atoms with Crippen LogP contribution in [0, 0.1) is 17.8 Å². The Morgan fingerprint density at radius 2 is 2.37 bits per heavy atom. The van der Waals surface area contributed by atoms with E-state index in [-0.39, 0.29) is 30.1 Å². The van der Waals surface area contributed by atoms with E-state index in [1.807, 2.05) is 4.57 Å². The van der Waals surface area contributed by atoms with Gasteiger partial charge in [0.05, 0.1) is 12.6 Å². The maximum Gasteiger partial charge on any atom is 0.268 e. The first-order valence-electron chi connectivity index (χ1n) is 8.75. The number of methoxy groups -OCH3 is 1. The highest BCUT2D eigenvalue weighted by Gasteiger charge is 2.40. The van der Waals surface area contributed by atoms with E-state index < -0.39 is 11.5 Å². The molecule has 6 nitrogen and oxygen atoms in total. The van der Waals surface area contributed by atoms with E-state index >= 15 is 0 Å². The van der Waals surface area contributed by atoms with E-state index in [1.165, 1.54) is 14.0 Å². The molecule has 0 aromatic carbocycles. The SMILES string of the molecule is COC[C@](C)(O)C#CC1=Cc2nc(C(N)=O)cn2C2CC3C=C(F)C1=C2C3. The van der Waals surface area contributed by atoms with Crippen molar-refractivity contribution in [2.24, 2.45) is 11.7 Å². The van der Waals surface area contributed by atoms with Crippen molar-refractivity contribution in [2.75, 3.05) is 13.7 Å². The number of nitrogens with zero attached hydrogens (tertiary/aromatic N) is 2. The van der Waals surface area contributed by atoms with E-state index in [1.54, 1.807) is 18.3 Å². The molecule has 2 bridgehead atoms. The second-order valence-corrected chi connectivity index (χ2v) is 7.40. The van der Waals surface area contributed by atoms with Gasteiger partial charge in [-0.2, -0.15) is 0 Å². The highest BCUT2D eigenvalue weighted by Crippen LogP contribution is 2.51. The normalized spacial score (nSPS) is 24.9. The summed E-state index contributed by atoms with van der Waals surface area (Å²) in [4.78, 5) is 15.9. The Morgan fingerprint density at radius 3 is 3.07 bits per heavy atom. The summed E-state index contributed by atoms with van der Waals surface area (Å²) < 4.78 is 21.7. The number of ether oxygens (including phenoxy) is 1. The molecule has 7 heteroatoms. The molecule has 1 saturated carbocycles. The Morgan fingerprint density at radius 1 is 1.59 bits per heavy atom. The van der Waals surface area contributed by atoms with Gasteiger partial charge in [0.25, 0.3) is 5.91 Å². The summed E-state index contributed by atoms with van der Waals surface area (Å²) in [5.74, 6) is 5.38. The van der Waals surface area contributed by atoms with Crippen LogP contribution in [0.5, 0.6) is 0 Å². The lowest BCUT2D eigenvalue weighted by Crippen LogP contribution is -2.27. The number of amides is 1. The molecule has 0 spiro atoms. The van der Waals surface area contributed by atoms with Gasteiger partial charge in [-0.3, -0.25) is 4.79 Å². The van der Waals surface area contributed by atoms with Gasteiger partial charge < -0.3 is 20.1 Å². The molecule has 140 valence electrons. The molecular formula is C20H20FN3O3. The molecule has 1 aliphatic heterocycles. The predicted octanol–water partition coefficient (Wildman–Crippen LogP) is 1.89. The van der Waals surface area contributed by atoms with Gasteiger partial charge in [0.1, 0.15) is 22.9 Å². The number of halogens is 1. The van der Waals surface area contributed by atoms with Gasteiger partial charge in [-0.05, 0) is 43.4 Å². The minimum Gasteiger partial charge on any atom is -0.381 e. The maximum atomic E-state index is 14.8. The number of aliphatic hydroxyl groups is 1. The second-order valence-electron chi connectivity index (χ2n) is 7.40. The van der Waals surface area contributed by atoms with Crippen LogP contribution in [0.25, 0.3) is 6.08 Å². The summed E-state index contributed by atoms with van der Waals surface area (Å²) in [5, 5.41) is 10.3. The zero-order valence-electron chi connectivity index (χ0n) is 15.1. The van der Waals surface area contributed by atoms with E-state index in [0.717, 1.165) is 18.4 Å². The van der Waals surface area contributed by atoms with Gasteiger partial charge in [-0.1, -0.05) is 11.8 Å². The van der Waals surface area contributed by atoms with Crippen LogP contribution in [0.1, 0.15) is 42.1 Å². The lowest BCUT2D eigenvalue weighted by atomic mass is 9.91. The summed E-state index contributed by atoms with van der Waals surface area (Å²) in [6, 6.07) is -0.0832. The molecule has 3 atom stereocenters. The first kappa shape index (κ1) is 17.7. The molecule has 1 fully saturated rings. The van der Waals surface area contributed by atoms with Crippen molar-refractivity contribution >= 4 is 12.0 Å². The Balaban J connectivity index is 1.88. The summed E-state index contributed by atoms with van der Waals surface area (Å²) >= 11 is 0. The van der Waals surface area contributed by atoms with Crippen LogP contribution in [-0.2, 0) is 4.74 Å². The van der Waals surface area contributed by atoms with E-state index in [4.69, 9.17) is 10.5 Å². The van der Waals surface area contributed by atoms with Crippen molar-refractivity contribution in [2.45, 2.75) is 31.4 Å². The van der Waals surface area contributed by atoms with Crippen LogP contribution in [0.15, 0.2) is 34.8 Å². The number of imidazole rings is 1. The van der Waals surface area contributed by atoms with Crippen LogP contribution in [0.3, 0.4) is 0 Å². The molecule has 3 aliphatic rings. The molecule has 0 radical (unpaired) electrons. The van der Waals surface area contributed by atoms with Crippen LogP contribution in [0.4, 0.5) is 4.39 Å². The van der Waals surface area contributed by atoms with Crippen molar-refractivity contribution in [1.29, 1.82) is 0 Å². The molecule has 27 heavy (non-hydrogen) atoms. The second kappa shape index (κ2) is 6.19. The zero-order valence-corrected chi connectivity index (χ0v) is 15.1. The standard InChI is InChI=1S/C20H20FN3O3/c1-20(26,10-27-2)4-3-12-8-17-23-15(19(22)25)9-24(17)16-7-11-5-13(16)18(12)14(21)6-11/h6,8-9,11,16,26H,5,7,10H2,1-2H3,(H2,22,25)/t11?,16?,20-/m1/s1. The van der Waals surface area contributed by atoms with Gasteiger partial charge >= 0.3 is 0 Å². The molecule has 0 saturated heterocycles. The summed E-state index contributed by atoms with van der Waals surface area (Å²) in [6.45, 7) is 1.56. The van der Waals surface area contributed by atoms with Crippen molar-refractivity contribution in [1.82, 2.24) is 9.55 Å². The van der Waals surface area contributed by atoms with Gasteiger partial charge in [0.15, 0.2) is 0 Å². The van der Waals surface area contributed by atoms with Crippen molar-refractivity contribution < 1.29 is 19.0 Å². The highest BCUT2D eigenvalue weighted by atomic mass is 19.1. The van der Waals surface area contributed by atoms with E-state index in [2.05, 4.69) is 16.8 Å². The van der Waals surface area contributed by atoms with E-state index in [9.17, 15) is 14.3 Å². The van der Waals surface area contributed by atoms with Gasteiger partial charge in [0, 0.05) is 24.5 Å². The van der Waals surface area contributed by atoms with Crippen molar-refractivity contribution in [3.63, 3.8) is 0 Å².